The first-order valence-corrected chi connectivity index (χ1v) is 6.25. The summed E-state index contributed by atoms with van der Waals surface area (Å²) in [5.74, 6) is 0.563. The zero-order valence-electron chi connectivity index (χ0n) is 7.86. The van der Waals surface area contributed by atoms with Crippen molar-refractivity contribution in [1.29, 1.82) is 0 Å². The predicted molar refractivity (Wildman–Crippen MR) is 50.4 cm³/mol. The van der Waals surface area contributed by atoms with Crippen LogP contribution in [0.15, 0.2) is 0 Å². The monoisotopic (exact) mass is 204 g/mol. The average molecular weight is 204 g/mol. The number of nitrogens with two attached hydrogens (primary N) is 1. The largest absolute Gasteiger partial charge is 0.284 e. The van der Waals surface area contributed by atoms with E-state index in [2.05, 4.69) is 0 Å². The van der Waals surface area contributed by atoms with Crippen LogP contribution in [0.1, 0.15) is 26.2 Å². The van der Waals surface area contributed by atoms with Crippen molar-refractivity contribution in [1.82, 2.24) is 4.90 Å². The van der Waals surface area contributed by atoms with Crippen molar-refractivity contribution in [3.63, 3.8) is 0 Å². The van der Waals surface area contributed by atoms with E-state index in [0.717, 1.165) is 25.9 Å². The van der Waals surface area contributed by atoms with Gasteiger partial charge in [-0.05, 0) is 45.2 Å². The van der Waals surface area contributed by atoms with Crippen LogP contribution in [-0.4, -0.2) is 31.3 Å². The molecule has 0 aromatic rings. The van der Waals surface area contributed by atoms with E-state index >= 15 is 0 Å². The van der Waals surface area contributed by atoms with Crippen molar-refractivity contribution in [2.45, 2.75) is 31.1 Å². The summed E-state index contributed by atoms with van der Waals surface area (Å²) in [6.07, 6.45) is 2.97. The zero-order valence-corrected chi connectivity index (χ0v) is 8.68. The highest BCUT2D eigenvalue weighted by Crippen LogP contribution is 2.40. The fourth-order valence-corrected chi connectivity index (χ4v) is 3.58. The molecule has 3 fully saturated rings. The van der Waals surface area contributed by atoms with E-state index in [1.807, 2.05) is 4.90 Å². The van der Waals surface area contributed by atoms with Crippen LogP contribution >= 0.6 is 0 Å². The lowest BCUT2D eigenvalue weighted by Crippen LogP contribution is -2.62. The summed E-state index contributed by atoms with van der Waals surface area (Å²) >= 11 is 0. The fraction of sp³-hybridized carbons (Fsp3) is 1.00. The number of rotatable bonds is 1. The van der Waals surface area contributed by atoms with E-state index in [1.165, 1.54) is 0 Å². The topological polar surface area (TPSA) is 63.4 Å². The Morgan fingerprint density at radius 2 is 1.92 bits per heavy atom. The van der Waals surface area contributed by atoms with Gasteiger partial charge in [-0.2, -0.15) is 0 Å². The molecule has 2 bridgehead atoms. The maximum absolute atomic E-state index is 11.4. The molecule has 3 aliphatic rings. The maximum Gasteiger partial charge on any atom is 0.228 e. The van der Waals surface area contributed by atoms with Gasteiger partial charge >= 0.3 is 0 Å². The summed E-state index contributed by atoms with van der Waals surface area (Å²) in [6, 6.07) is 0. The molecule has 13 heavy (non-hydrogen) atoms. The van der Waals surface area contributed by atoms with Gasteiger partial charge in [-0.3, -0.25) is 4.90 Å². The van der Waals surface area contributed by atoms with Gasteiger partial charge in [0.15, 0.2) is 0 Å². The molecule has 3 aliphatic heterocycles. The minimum atomic E-state index is -3.43. The van der Waals surface area contributed by atoms with Crippen LogP contribution in [0, 0.1) is 5.92 Å². The molecule has 76 valence electrons. The van der Waals surface area contributed by atoms with Crippen LogP contribution in [-0.2, 0) is 10.0 Å². The molecule has 0 aromatic heterocycles. The van der Waals surface area contributed by atoms with Gasteiger partial charge in [0.05, 0.1) is 0 Å². The summed E-state index contributed by atoms with van der Waals surface area (Å²) in [5.41, 5.74) is 0. The molecule has 0 spiro atoms. The van der Waals surface area contributed by atoms with E-state index in [4.69, 9.17) is 5.14 Å². The number of fused-ring (bicyclic) bond motifs is 3. The third-order valence-electron chi connectivity index (χ3n) is 3.56. The second-order valence-corrected chi connectivity index (χ2v) is 6.32. The summed E-state index contributed by atoms with van der Waals surface area (Å²) in [6.45, 7) is 3.53. The smallest absolute Gasteiger partial charge is 0.228 e. The molecule has 3 rings (SSSR count). The van der Waals surface area contributed by atoms with Gasteiger partial charge in [0.2, 0.25) is 10.0 Å². The molecule has 0 aliphatic carbocycles. The Balaban J connectivity index is 2.34. The Morgan fingerprint density at radius 3 is 2.15 bits per heavy atom. The molecule has 4 nitrogen and oxygen atoms in total. The number of sulfonamides is 1. The molecule has 0 aromatic carbocycles. The summed E-state index contributed by atoms with van der Waals surface area (Å²) in [7, 11) is -3.43. The quantitative estimate of drug-likeness (QED) is 0.659. The Morgan fingerprint density at radius 1 is 1.38 bits per heavy atom. The van der Waals surface area contributed by atoms with Gasteiger partial charge in [-0.25, -0.2) is 13.6 Å². The van der Waals surface area contributed by atoms with Gasteiger partial charge in [-0.1, -0.05) is 0 Å². The number of nitrogens with zero attached hydrogens (tertiary/aromatic N) is 1. The van der Waals surface area contributed by atoms with Crippen molar-refractivity contribution in [3.8, 4) is 0 Å². The van der Waals surface area contributed by atoms with Gasteiger partial charge in [0.1, 0.15) is 4.87 Å². The van der Waals surface area contributed by atoms with E-state index in [9.17, 15) is 8.42 Å². The second-order valence-electron chi connectivity index (χ2n) is 4.35. The van der Waals surface area contributed by atoms with Crippen LogP contribution in [0.5, 0.6) is 0 Å². The standard InChI is InChI=1S/C8H16N2O2S/c1-8(13(9,11)12)6-7-2-4-10(8)5-3-7/h7H,2-6H2,1H3,(H2,9,11,12). The Bertz CT molecular complexity index is 306. The molecular weight excluding hydrogens is 188 g/mol. The van der Waals surface area contributed by atoms with Crippen molar-refractivity contribution in [2.75, 3.05) is 13.1 Å². The lowest BCUT2D eigenvalue weighted by molar-refractivity contribution is 0.0324. The third kappa shape index (κ3) is 1.30. The van der Waals surface area contributed by atoms with Crippen LogP contribution in [0.3, 0.4) is 0 Å². The van der Waals surface area contributed by atoms with E-state index in [1.54, 1.807) is 6.92 Å². The minimum Gasteiger partial charge on any atom is -0.284 e. The van der Waals surface area contributed by atoms with Gasteiger partial charge < -0.3 is 0 Å². The van der Waals surface area contributed by atoms with Crippen LogP contribution in [0.4, 0.5) is 0 Å². The van der Waals surface area contributed by atoms with Gasteiger partial charge in [0, 0.05) is 0 Å². The number of piperidine rings is 3. The number of primary sulfonamides is 1. The molecule has 0 saturated carbocycles. The molecule has 1 unspecified atom stereocenters. The minimum absolute atomic E-state index is 0.563. The molecule has 2 N–H and O–H groups in total. The van der Waals surface area contributed by atoms with Crippen molar-refractivity contribution in [2.24, 2.45) is 11.1 Å². The van der Waals surface area contributed by atoms with Crippen molar-refractivity contribution >= 4 is 10.0 Å². The first-order valence-electron chi connectivity index (χ1n) is 4.71. The average Bonchev–Trinajstić information content (AvgIpc) is 2.04. The third-order valence-corrected chi connectivity index (χ3v) is 5.21. The highest BCUT2D eigenvalue weighted by Gasteiger charge is 2.49. The molecule has 1 atom stereocenters. The van der Waals surface area contributed by atoms with Crippen LogP contribution < -0.4 is 5.14 Å². The lowest BCUT2D eigenvalue weighted by Gasteiger charge is -2.50. The second kappa shape index (κ2) is 2.68. The number of hydrogen-bond acceptors (Lipinski definition) is 3. The number of hydrogen-bond donors (Lipinski definition) is 1. The van der Waals surface area contributed by atoms with Crippen molar-refractivity contribution < 1.29 is 8.42 Å². The first kappa shape index (κ1) is 9.43. The highest BCUT2D eigenvalue weighted by atomic mass is 32.2. The molecule has 0 radical (unpaired) electrons. The molecule has 5 heteroatoms. The normalized spacial score (nSPS) is 45.1. The zero-order chi connectivity index (χ0) is 9.69. The fourth-order valence-electron chi connectivity index (χ4n) is 2.57. The Kier molecular flexibility index (Phi) is 1.94. The van der Waals surface area contributed by atoms with Gasteiger partial charge in [-0.15, -0.1) is 0 Å². The van der Waals surface area contributed by atoms with E-state index in [-0.39, 0.29) is 0 Å². The summed E-state index contributed by atoms with van der Waals surface area (Å²) in [4.78, 5) is 1.23. The summed E-state index contributed by atoms with van der Waals surface area (Å²) < 4.78 is 22.9. The first-order chi connectivity index (χ1) is 5.93. The molecule has 3 heterocycles. The Labute approximate surface area is 79.1 Å². The van der Waals surface area contributed by atoms with Crippen molar-refractivity contribution in [3.05, 3.63) is 0 Å². The van der Waals surface area contributed by atoms with E-state index < -0.39 is 14.9 Å². The SMILES string of the molecule is CC1(S(N)(=O)=O)CC2CCN1CC2. The predicted octanol–water partition coefficient (Wildman–Crippen LogP) is 0.107. The molecule has 3 saturated heterocycles. The molecule has 0 amide bonds. The molecular formula is C8H16N2O2S. The van der Waals surface area contributed by atoms with E-state index in [0.29, 0.717) is 12.3 Å². The van der Waals surface area contributed by atoms with Crippen LogP contribution in [0.2, 0.25) is 0 Å². The van der Waals surface area contributed by atoms with Gasteiger partial charge in [0.25, 0.3) is 0 Å². The maximum atomic E-state index is 11.4. The highest BCUT2D eigenvalue weighted by molar-refractivity contribution is 7.90. The summed E-state index contributed by atoms with van der Waals surface area (Å²) in [5, 5.41) is 5.26. The lowest BCUT2D eigenvalue weighted by atomic mass is 9.83. The van der Waals surface area contributed by atoms with Crippen LogP contribution in [0.25, 0.3) is 0 Å². The Hall–Kier alpha value is -0.130.